The Morgan fingerprint density at radius 1 is 1.17 bits per heavy atom. The van der Waals surface area contributed by atoms with Crippen LogP contribution in [0.1, 0.15) is 12.6 Å². The van der Waals surface area contributed by atoms with E-state index in [1.54, 1.807) is 12.4 Å². The SMILES string of the molecule is CCc1nccnc1Nc1ccc(N2CCN(C)[C@@H](CO)C2)cc1. The fraction of sp³-hybridized carbons (Fsp3) is 0.444. The number of hydrogen-bond donors (Lipinski definition) is 2. The van der Waals surface area contributed by atoms with Crippen LogP contribution in [0.2, 0.25) is 0 Å². The molecule has 1 saturated heterocycles. The molecule has 1 atom stereocenters. The smallest absolute Gasteiger partial charge is 0.152 e. The van der Waals surface area contributed by atoms with Crippen molar-refractivity contribution in [2.75, 3.05) is 43.5 Å². The van der Waals surface area contributed by atoms with E-state index in [-0.39, 0.29) is 12.6 Å². The maximum absolute atomic E-state index is 9.49. The molecule has 1 aliphatic rings. The summed E-state index contributed by atoms with van der Waals surface area (Å²) in [6, 6.07) is 8.56. The highest BCUT2D eigenvalue weighted by Gasteiger charge is 2.23. The highest BCUT2D eigenvalue weighted by atomic mass is 16.3. The maximum Gasteiger partial charge on any atom is 0.152 e. The first-order chi connectivity index (χ1) is 11.7. The maximum atomic E-state index is 9.49. The number of hydrogen-bond acceptors (Lipinski definition) is 6. The van der Waals surface area contributed by atoms with Crippen LogP contribution < -0.4 is 10.2 Å². The van der Waals surface area contributed by atoms with E-state index in [9.17, 15) is 5.11 Å². The molecule has 0 saturated carbocycles. The van der Waals surface area contributed by atoms with Crippen molar-refractivity contribution in [1.29, 1.82) is 0 Å². The third kappa shape index (κ3) is 3.66. The molecule has 1 aromatic carbocycles. The first kappa shape index (κ1) is 16.7. The van der Waals surface area contributed by atoms with Crippen molar-refractivity contribution in [3.05, 3.63) is 42.4 Å². The Kier molecular flexibility index (Phi) is 5.27. The minimum atomic E-state index is 0.194. The van der Waals surface area contributed by atoms with Crippen LogP contribution >= 0.6 is 0 Å². The van der Waals surface area contributed by atoms with Gasteiger partial charge in [-0.05, 0) is 37.7 Å². The van der Waals surface area contributed by atoms with Gasteiger partial charge in [-0.15, -0.1) is 0 Å². The fourth-order valence-corrected chi connectivity index (χ4v) is 3.00. The lowest BCUT2D eigenvalue weighted by atomic mass is 10.1. The number of nitrogens with one attached hydrogen (secondary N) is 1. The number of aryl methyl sites for hydroxylation is 1. The molecule has 24 heavy (non-hydrogen) atoms. The molecule has 0 aliphatic carbocycles. The summed E-state index contributed by atoms with van der Waals surface area (Å²) in [5.74, 6) is 0.813. The lowest BCUT2D eigenvalue weighted by Crippen LogP contribution is -2.53. The quantitative estimate of drug-likeness (QED) is 0.874. The Bertz CT molecular complexity index is 661. The van der Waals surface area contributed by atoms with Gasteiger partial charge in [0.15, 0.2) is 5.82 Å². The van der Waals surface area contributed by atoms with Crippen LogP contribution in [0.25, 0.3) is 0 Å². The van der Waals surface area contributed by atoms with Crippen molar-refractivity contribution in [3.8, 4) is 0 Å². The van der Waals surface area contributed by atoms with Crippen LogP contribution in [0.15, 0.2) is 36.7 Å². The number of aliphatic hydroxyl groups is 1. The van der Waals surface area contributed by atoms with Gasteiger partial charge in [0.05, 0.1) is 18.3 Å². The molecular weight excluding hydrogens is 302 g/mol. The fourth-order valence-electron chi connectivity index (χ4n) is 3.00. The van der Waals surface area contributed by atoms with Gasteiger partial charge in [0.2, 0.25) is 0 Å². The molecule has 3 rings (SSSR count). The Morgan fingerprint density at radius 3 is 2.62 bits per heavy atom. The minimum absolute atomic E-state index is 0.194. The average molecular weight is 327 g/mol. The van der Waals surface area contributed by atoms with Crippen molar-refractivity contribution in [2.45, 2.75) is 19.4 Å². The summed E-state index contributed by atoms with van der Waals surface area (Å²) < 4.78 is 0. The Labute approximate surface area is 143 Å². The van der Waals surface area contributed by atoms with Crippen LogP contribution in [-0.4, -0.2) is 59.3 Å². The summed E-state index contributed by atoms with van der Waals surface area (Å²) in [4.78, 5) is 13.3. The number of likely N-dealkylation sites (N-methyl/N-ethyl adjacent to an activating group) is 1. The number of anilines is 3. The van der Waals surface area contributed by atoms with E-state index in [2.05, 4.69) is 63.3 Å². The van der Waals surface area contributed by atoms with Crippen molar-refractivity contribution in [1.82, 2.24) is 14.9 Å². The van der Waals surface area contributed by atoms with E-state index in [1.165, 1.54) is 5.69 Å². The van der Waals surface area contributed by atoms with Gasteiger partial charge >= 0.3 is 0 Å². The van der Waals surface area contributed by atoms with Crippen LogP contribution in [-0.2, 0) is 6.42 Å². The molecule has 0 amide bonds. The zero-order valence-electron chi connectivity index (χ0n) is 14.3. The Hall–Kier alpha value is -2.18. The first-order valence-electron chi connectivity index (χ1n) is 8.44. The Morgan fingerprint density at radius 2 is 1.92 bits per heavy atom. The molecule has 0 spiro atoms. The van der Waals surface area contributed by atoms with Gasteiger partial charge in [-0.25, -0.2) is 4.98 Å². The molecule has 2 heterocycles. The van der Waals surface area contributed by atoms with E-state index in [0.717, 1.165) is 43.3 Å². The average Bonchev–Trinajstić information content (AvgIpc) is 2.63. The molecule has 0 unspecified atom stereocenters. The molecule has 0 radical (unpaired) electrons. The predicted molar refractivity (Wildman–Crippen MR) is 96.9 cm³/mol. The van der Waals surface area contributed by atoms with Crippen molar-refractivity contribution >= 4 is 17.2 Å². The number of nitrogens with zero attached hydrogens (tertiary/aromatic N) is 4. The molecule has 128 valence electrons. The molecule has 1 fully saturated rings. The highest BCUT2D eigenvalue weighted by molar-refractivity contribution is 5.62. The summed E-state index contributed by atoms with van der Waals surface area (Å²) >= 11 is 0. The largest absolute Gasteiger partial charge is 0.395 e. The van der Waals surface area contributed by atoms with Gasteiger partial charge in [-0.3, -0.25) is 9.88 Å². The summed E-state index contributed by atoms with van der Waals surface area (Å²) in [5, 5.41) is 12.8. The molecule has 6 heteroatoms. The number of aromatic nitrogens is 2. The summed E-state index contributed by atoms with van der Waals surface area (Å²) in [5.41, 5.74) is 3.15. The van der Waals surface area contributed by atoms with E-state index >= 15 is 0 Å². The zero-order valence-corrected chi connectivity index (χ0v) is 14.3. The van der Waals surface area contributed by atoms with Gasteiger partial charge in [0, 0.05) is 43.4 Å². The lowest BCUT2D eigenvalue weighted by molar-refractivity contribution is 0.135. The molecule has 2 aromatic rings. The summed E-state index contributed by atoms with van der Waals surface area (Å²) in [6.07, 6.45) is 4.27. The number of piperazine rings is 1. The van der Waals surface area contributed by atoms with Crippen molar-refractivity contribution < 1.29 is 5.11 Å². The molecule has 1 aromatic heterocycles. The van der Waals surface area contributed by atoms with E-state index in [4.69, 9.17) is 0 Å². The third-order valence-electron chi connectivity index (χ3n) is 4.59. The van der Waals surface area contributed by atoms with Crippen LogP contribution in [0, 0.1) is 0 Å². The summed E-state index contributed by atoms with van der Waals surface area (Å²) in [6.45, 7) is 5.06. The van der Waals surface area contributed by atoms with Gasteiger partial charge < -0.3 is 15.3 Å². The third-order valence-corrected chi connectivity index (χ3v) is 4.59. The molecule has 0 bridgehead atoms. The molecular formula is C18H25N5O. The second-order valence-corrected chi connectivity index (χ2v) is 6.14. The Balaban J connectivity index is 1.69. The van der Waals surface area contributed by atoms with Crippen LogP contribution in [0.4, 0.5) is 17.2 Å². The second kappa shape index (κ2) is 7.59. The number of benzene rings is 1. The van der Waals surface area contributed by atoms with Crippen molar-refractivity contribution in [3.63, 3.8) is 0 Å². The molecule has 1 aliphatic heterocycles. The van der Waals surface area contributed by atoms with Crippen LogP contribution in [0.3, 0.4) is 0 Å². The van der Waals surface area contributed by atoms with Gasteiger partial charge in [0.25, 0.3) is 0 Å². The monoisotopic (exact) mass is 327 g/mol. The number of aliphatic hydroxyl groups excluding tert-OH is 1. The highest BCUT2D eigenvalue weighted by Crippen LogP contribution is 2.23. The van der Waals surface area contributed by atoms with E-state index in [0.29, 0.717) is 0 Å². The minimum Gasteiger partial charge on any atom is -0.395 e. The topological polar surface area (TPSA) is 64.5 Å². The van der Waals surface area contributed by atoms with Gasteiger partial charge in [0.1, 0.15) is 0 Å². The lowest BCUT2D eigenvalue weighted by Gasteiger charge is -2.39. The zero-order chi connectivity index (χ0) is 16.9. The normalized spacial score (nSPS) is 18.6. The van der Waals surface area contributed by atoms with E-state index < -0.39 is 0 Å². The van der Waals surface area contributed by atoms with Gasteiger partial charge in [-0.2, -0.15) is 0 Å². The van der Waals surface area contributed by atoms with Gasteiger partial charge in [-0.1, -0.05) is 6.92 Å². The number of rotatable bonds is 5. The van der Waals surface area contributed by atoms with Crippen LogP contribution in [0.5, 0.6) is 0 Å². The molecule has 6 nitrogen and oxygen atoms in total. The molecule has 2 N–H and O–H groups in total. The van der Waals surface area contributed by atoms with Crippen molar-refractivity contribution in [2.24, 2.45) is 0 Å². The first-order valence-corrected chi connectivity index (χ1v) is 8.44. The predicted octanol–water partition coefficient (Wildman–Crippen LogP) is 1.90. The summed E-state index contributed by atoms with van der Waals surface area (Å²) in [7, 11) is 2.07. The second-order valence-electron chi connectivity index (χ2n) is 6.14. The standard InChI is InChI=1S/C18H25N5O/c1-3-17-18(20-9-8-19-17)21-14-4-6-15(7-5-14)23-11-10-22(2)16(12-23)13-24/h4-9,16,24H,3,10-13H2,1-2H3,(H,20,21)/t16-/m1/s1. The van der Waals surface area contributed by atoms with E-state index in [1.807, 2.05) is 0 Å².